The van der Waals surface area contributed by atoms with Gasteiger partial charge in [0.15, 0.2) is 17.2 Å². The van der Waals surface area contributed by atoms with Crippen LogP contribution in [0.3, 0.4) is 0 Å². The van der Waals surface area contributed by atoms with Gasteiger partial charge in [0.1, 0.15) is 17.3 Å². The molecule has 2 aromatic heterocycles. The molecule has 0 spiro atoms. The maximum atomic E-state index is 14.7. The molecule has 160 valence electrons. The fraction of sp³-hybridized carbons (Fsp3) is 0.125. The number of rotatable bonds is 5. The van der Waals surface area contributed by atoms with Crippen molar-refractivity contribution in [1.82, 2.24) is 14.8 Å². The molecule has 0 fully saturated rings. The Labute approximate surface area is 183 Å². The zero-order valence-corrected chi connectivity index (χ0v) is 17.4. The summed E-state index contributed by atoms with van der Waals surface area (Å²) < 4.78 is 27.1. The molecule has 0 atom stereocenters. The summed E-state index contributed by atoms with van der Waals surface area (Å²) in [5.41, 5.74) is 3.56. The van der Waals surface area contributed by atoms with Gasteiger partial charge < -0.3 is 14.8 Å². The number of nitrogens with one attached hydrogen (secondary N) is 1. The van der Waals surface area contributed by atoms with Crippen molar-refractivity contribution in [2.45, 2.75) is 6.42 Å². The molecule has 1 amide bonds. The van der Waals surface area contributed by atoms with Crippen molar-refractivity contribution in [2.75, 3.05) is 19.5 Å². The highest BCUT2D eigenvalue weighted by Crippen LogP contribution is 2.45. The number of benzene rings is 2. The van der Waals surface area contributed by atoms with Crippen LogP contribution in [0.15, 0.2) is 60.8 Å². The lowest BCUT2D eigenvalue weighted by Gasteiger charge is -2.12. The molecule has 2 heterocycles. The van der Waals surface area contributed by atoms with Crippen LogP contribution in [-0.4, -0.2) is 34.9 Å². The third-order valence-corrected chi connectivity index (χ3v) is 5.42. The average Bonchev–Trinajstić information content (AvgIpc) is 3.36. The Kier molecular flexibility index (Phi) is 4.82. The second kappa shape index (κ2) is 7.81. The van der Waals surface area contributed by atoms with E-state index in [1.165, 1.54) is 10.7 Å². The first kappa shape index (κ1) is 19.7. The van der Waals surface area contributed by atoms with Crippen LogP contribution >= 0.6 is 0 Å². The highest BCUT2D eigenvalue weighted by atomic mass is 19.1. The molecular formula is C24H19FN4O3. The van der Waals surface area contributed by atoms with Crippen LogP contribution in [-0.2, 0) is 6.42 Å². The number of hydrogen-bond acceptors (Lipinski definition) is 5. The molecule has 0 aliphatic heterocycles. The summed E-state index contributed by atoms with van der Waals surface area (Å²) in [5, 5.41) is 7.29. The van der Waals surface area contributed by atoms with Gasteiger partial charge >= 0.3 is 0 Å². The minimum atomic E-state index is -0.441. The van der Waals surface area contributed by atoms with Gasteiger partial charge in [-0.15, -0.1) is 0 Å². The number of fused-ring (bicyclic) bond motifs is 3. The van der Waals surface area contributed by atoms with Gasteiger partial charge in [0.25, 0.3) is 5.91 Å². The van der Waals surface area contributed by atoms with Gasteiger partial charge in [0.05, 0.1) is 19.9 Å². The lowest BCUT2D eigenvalue weighted by atomic mass is 10.1. The van der Waals surface area contributed by atoms with Crippen molar-refractivity contribution >= 4 is 11.7 Å². The first-order valence-electron chi connectivity index (χ1n) is 9.95. The van der Waals surface area contributed by atoms with Gasteiger partial charge in [-0.1, -0.05) is 18.2 Å². The number of nitrogens with zero attached hydrogens (tertiary/aromatic N) is 3. The molecule has 0 unspecified atom stereocenters. The van der Waals surface area contributed by atoms with Crippen LogP contribution in [0.5, 0.6) is 11.5 Å². The second-order valence-electron chi connectivity index (χ2n) is 7.25. The van der Waals surface area contributed by atoms with E-state index in [0.29, 0.717) is 35.0 Å². The second-order valence-corrected chi connectivity index (χ2v) is 7.25. The number of ether oxygens (including phenoxy) is 2. The van der Waals surface area contributed by atoms with Gasteiger partial charge in [-0.05, 0) is 42.0 Å². The molecule has 1 aliphatic rings. The molecule has 0 radical (unpaired) electrons. The summed E-state index contributed by atoms with van der Waals surface area (Å²) in [6.07, 6.45) is 2.04. The first-order valence-corrected chi connectivity index (χ1v) is 9.95. The van der Waals surface area contributed by atoms with E-state index in [1.54, 1.807) is 56.8 Å². The Hall–Kier alpha value is -4.20. The van der Waals surface area contributed by atoms with Gasteiger partial charge in [0.2, 0.25) is 0 Å². The molecule has 0 bridgehead atoms. The number of halogens is 1. The Balaban J connectivity index is 1.69. The molecule has 5 rings (SSSR count). The third-order valence-electron chi connectivity index (χ3n) is 5.42. The Morgan fingerprint density at radius 2 is 1.81 bits per heavy atom. The van der Waals surface area contributed by atoms with Crippen LogP contribution < -0.4 is 14.8 Å². The number of carbonyl (C=O) groups is 1. The average molecular weight is 430 g/mol. The molecule has 0 saturated heterocycles. The van der Waals surface area contributed by atoms with E-state index < -0.39 is 11.7 Å². The van der Waals surface area contributed by atoms with Crippen molar-refractivity contribution in [3.63, 3.8) is 0 Å². The van der Waals surface area contributed by atoms with Crippen LogP contribution in [0.1, 0.15) is 21.6 Å². The van der Waals surface area contributed by atoms with E-state index in [2.05, 4.69) is 15.4 Å². The minimum Gasteiger partial charge on any atom is -0.493 e. The number of hydrogen-bond donors (Lipinski definition) is 1. The number of pyridine rings is 1. The van der Waals surface area contributed by atoms with E-state index in [-0.39, 0.29) is 11.4 Å². The zero-order valence-electron chi connectivity index (χ0n) is 17.4. The van der Waals surface area contributed by atoms with E-state index in [1.807, 2.05) is 12.1 Å². The summed E-state index contributed by atoms with van der Waals surface area (Å²) in [7, 11) is 3.12. The van der Waals surface area contributed by atoms with Crippen LogP contribution in [0.4, 0.5) is 10.2 Å². The predicted octanol–water partition coefficient (Wildman–Crippen LogP) is 4.25. The van der Waals surface area contributed by atoms with Gasteiger partial charge in [-0.25, -0.2) is 14.1 Å². The predicted molar refractivity (Wildman–Crippen MR) is 117 cm³/mol. The minimum absolute atomic E-state index is 0.211. The highest BCUT2D eigenvalue weighted by Gasteiger charge is 2.33. The maximum absolute atomic E-state index is 14.7. The van der Waals surface area contributed by atoms with Gasteiger partial charge in [-0.2, -0.15) is 5.10 Å². The summed E-state index contributed by atoms with van der Waals surface area (Å²) in [6.45, 7) is 0. The van der Waals surface area contributed by atoms with Crippen molar-refractivity contribution in [3.8, 4) is 28.4 Å². The van der Waals surface area contributed by atoms with Crippen LogP contribution in [0.2, 0.25) is 0 Å². The molecule has 1 N–H and O–H groups in total. The Morgan fingerprint density at radius 1 is 1.06 bits per heavy atom. The SMILES string of the molecule is COc1cc2c(cc1OC)-c1c(c(C(=O)Nc3ccccn3)nn1-c1ccccc1F)C2. The van der Waals surface area contributed by atoms with Gasteiger partial charge in [-0.3, -0.25) is 4.79 Å². The molecule has 1 aliphatic carbocycles. The number of methoxy groups -OCH3 is 2. The van der Waals surface area contributed by atoms with Crippen molar-refractivity contribution < 1.29 is 18.7 Å². The maximum Gasteiger partial charge on any atom is 0.277 e. The summed E-state index contributed by atoms with van der Waals surface area (Å²) in [5.74, 6) is 0.678. The van der Waals surface area contributed by atoms with E-state index in [4.69, 9.17) is 9.47 Å². The van der Waals surface area contributed by atoms with E-state index >= 15 is 0 Å². The van der Waals surface area contributed by atoms with Crippen LogP contribution in [0.25, 0.3) is 16.9 Å². The summed E-state index contributed by atoms with van der Waals surface area (Å²) in [4.78, 5) is 17.3. The normalized spacial score (nSPS) is 11.6. The molecule has 4 aromatic rings. The lowest BCUT2D eigenvalue weighted by molar-refractivity contribution is 0.102. The summed E-state index contributed by atoms with van der Waals surface area (Å²) >= 11 is 0. The first-order chi connectivity index (χ1) is 15.6. The van der Waals surface area contributed by atoms with Crippen molar-refractivity contribution in [1.29, 1.82) is 0 Å². The third kappa shape index (κ3) is 3.17. The molecule has 7 nitrogen and oxygen atoms in total. The quantitative estimate of drug-likeness (QED) is 0.451. The fourth-order valence-corrected chi connectivity index (χ4v) is 3.97. The Morgan fingerprint density at radius 3 is 2.53 bits per heavy atom. The Bertz CT molecular complexity index is 1330. The molecule has 8 heteroatoms. The number of aromatic nitrogens is 3. The number of amides is 1. The van der Waals surface area contributed by atoms with E-state index in [9.17, 15) is 9.18 Å². The van der Waals surface area contributed by atoms with Gasteiger partial charge in [0, 0.05) is 23.7 Å². The highest BCUT2D eigenvalue weighted by molar-refractivity contribution is 6.05. The topological polar surface area (TPSA) is 78.3 Å². The number of para-hydroxylation sites is 1. The van der Waals surface area contributed by atoms with E-state index in [0.717, 1.165) is 11.1 Å². The standard InChI is InChI=1S/C24H19FN4O3/c1-31-19-12-14-11-16-22(24(30)27-21-9-5-6-10-26-21)28-29(18-8-4-3-7-17(18)25)23(16)15(14)13-20(19)32-2/h3-10,12-13H,11H2,1-2H3,(H,26,27,30). The molecule has 0 saturated carbocycles. The number of anilines is 1. The fourth-order valence-electron chi connectivity index (χ4n) is 3.97. The van der Waals surface area contributed by atoms with Crippen LogP contribution in [0, 0.1) is 5.82 Å². The van der Waals surface area contributed by atoms with Crippen molar-refractivity contribution in [2.24, 2.45) is 0 Å². The monoisotopic (exact) mass is 430 g/mol. The summed E-state index contributed by atoms with van der Waals surface area (Å²) in [6, 6.07) is 15.3. The smallest absolute Gasteiger partial charge is 0.277 e. The molecule has 2 aromatic carbocycles. The van der Waals surface area contributed by atoms with Crippen molar-refractivity contribution in [3.05, 3.63) is 83.4 Å². The lowest BCUT2D eigenvalue weighted by Crippen LogP contribution is -2.16. The molecule has 32 heavy (non-hydrogen) atoms. The number of carbonyl (C=O) groups excluding carboxylic acids is 1. The molecular weight excluding hydrogens is 411 g/mol. The largest absolute Gasteiger partial charge is 0.493 e. The zero-order chi connectivity index (χ0) is 22.2.